The highest BCUT2D eigenvalue weighted by molar-refractivity contribution is 7.92. The number of amides is 1. The normalized spacial score (nSPS) is 12.5. The highest BCUT2D eigenvalue weighted by Gasteiger charge is 2.32. The Bertz CT molecular complexity index is 969. The van der Waals surface area contributed by atoms with E-state index in [0.717, 1.165) is 23.1 Å². The molecule has 7 heteroatoms. The SMILES string of the molecule is CCOc1ccc(N([C@@H](CC)C(=O)Nc2c(C)cccc2C(C)C)S(C)(=O)=O)cc1. The van der Waals surface area contributed by atoms with Crippen LogP contribution < -0.4 is 14.4 Å². The number of carbonyl (C=O) groups excluding carboxylic acids is 1. The van der Waals surface area contributed by atoms with Crippen molar-refractivity contribution >= 4 is 27.3 Å². The summed E-state index contributed by atoms with van der Waals surface area (Å²) in [5.41, 5.74) is 3.13. The van der Waals surface area contributed by atoms with Crippen LogP contribution in [0.3, 0.4) is 0 Å². The second-order valence-corrected chi connectivity index (χ2v) is 9.45. The third-order valence-corrected chi connectivity index (χ3v) is 6.09. The molecular formula is C23H32N2O4S. The molecule has 0 aliphatic heterocycles. The summed E-state index contributed by atoms with van der Waals surface area (Å²) in [6.45, 7) is 10.3. The van der Waals surface area contributed by atoms with Crippen LogP contribution >= 0.6 is 0 Å². The largest absolute Gasteiger partial charge is 0.494 e. The van der Waals surface area contributed by atoms with Crippen molar-refractivity contribution in [2.24, 2.45) is 0 Å². The third kappa shape index (κ3) is 5.53. The van der Waals surface area contributed by atoms with Gasteiger partial charge in [-0.1, -0.05) is 39.0 Å². The van der Waals surface area contributed by atoms with Gasteiger partial charge in [0.1, 0.15) is 11.8 Å². The number of para-hydroxylation sites is 1. The van der Waals surface area contributed by atoms with Crippen molar-refractivity contribution in [3.05, 3.63) is 53.6 Å². The Balaban J connectivity index is 2.42. The third-order valence-electron chi connectivity index (χ3n) is 4.91. The van der Waals surface area contributed by atoms with Crippen LogP contribution in [0.15, 0.2) is 42.5 Å². The van der Waals surface area contributed by atoms with E-state index in [1.807, 2.05) is 32.0 Å². The van der Waals surface area contributed by atoms with Gasteiger partial charge in [-0.2, -0.15) is 0 Å². The van der Waals surface area contributed by atoms with Gasteiger partial charge in [0.15, 0.2) is 0 Å². The predicted octanol–water partition coefficient (Wildman–Crippen LogP) is 4.70. The van der Waals surface area contributed by atoms with E-state index < -0.39 is 16.1 Å². The first-order valence-corrected chi connectivity index (χ1v) is 12.1. The summed E-state index contributed by atoms with van der Waals surface area (Å²) in [7, 11) is -3.70. The maximum Gasteiger partial charge on any atom is 0.248 e. The second-order valence-electron chi connectivity index (χ2n) is 7.59. The standard InChI is InChI=1S/C23H32N2O4S/c1-7-21(23(26)24-22-17(5)10-9-11-20(22)16(3)4)25(30(6,27)28)18-12-14-19(15-13-18)29-8-2/h9-16,21H,7-8H2,1-6H3,(H,24,26)/t21-/m0/s1. The Morgan fingerprint density at radius 3 is 2.23 bits per heavy atom. The molecule has 6 nitrogen and oxygen atoms in total. The molecule has 0 aromatic heterocycles. The van der Waals surface area contributed by atoms with Gasteiger partial charge in [-0.25, -0.2) is 8.42 Å². The van der Waals surface area contributed by atoms with Crippen molar-refractivity contribution in [2.75, 3.05) is 22.5 Å². The molecule has 2 aromatic rings. The smallest absolute Gasteiger partial charge is 0.248 e. The molecule has 1 amide bonds. The predicted molar refractivity (Wildman–Crippen MR) is 123 cm³/mol. The fourth-order valence-electron chi connectivity index (χ4n) is 3.47. The summed E-state index contributed by atoms with van der Waals surface area (Å²) in [5, 5.41) is 3.00. The monoisotopic (exact) mass is 432 g/mol. The Morgan fingerprint density at radius 2 is 1.73 bits per heavy atom. The lowest BCUT2D eigenvalue weighted by Gasteiger charge is -2.30. The molecule has 1 atom stereocenters. The highest BCUT2D eigenvalue weighted by Crippen LogP contribution is 2.29. The van der Waals surface area contributed by atoms with Crippen LogP contribution in [0.5, 0.6) is 5.75 Å². The van der Waals surface area contributed by atoms with E-state index in [4.69, 9.17) is 4.74 Å². The molecule has 0 fully saturated rings. The maximum atomic E-state index is 13.3. The lowest BCUT2D eigenvalue weighted by Crippen LogP contribution is -2.47. The molecule has 30 heavy (non-hydrogen) atoms. The topological polar surface area (TPSA) is 75.7 Å². The molecule has 0 saturated heterocycles. The van der Waals surface area contributed by atoms with Gasteiger partial charge in [0.2, 0.25) is 15.9 Å². The van der Waals surface area contributed by atoms with Crippen molar-refractivity contribution in [1.82, 2.24) is 0 Å². The number of aryl methyl sites for hydroxylation is 1. The fraction of sp³-hybridized carbons (Fsp3) is 0.435. The van der Waals surface area contributed by atoms with Crippen molar-refractivity contribution < 1.29 is 17.9 Å². The van der Waals surface area contributed by atoms with E-state index in [2.05, 4.69) is 19.2 Å². The van der Waals surface area contributed by atoms with Gasteiger partial charge < -0.3 is 10.1 Å². The van der Waals surface area contributed by atoms with E-state index >= 15 is 0 Å². The Kier molecular flexibility index (Phi) is 7.89. The summed E-state index contributed by atoms with van der Waals surface area (Å²) in [6.07, 6.45) is 1.45. The zero-order valence-corrected chi connectivity index (χ0v) is 19.4. The Morgan fingerprint density at radius 1 is 1.10 bits per heavy atom. The summed E-state index contributed by atoms with van der Waals surface area (Å²) in [5.74, 6) is 0.513. The minimum atomic E-state index is -3.70. The van der Waals surface area contributed by atoms with Crippen molar-refractivity contribution in [1.29, 1.82) is 0 Å². The quantitative estimate of drug-likeness (QED) is 0.623. The number of nitrogens with zero attached hydrogens (tertiary/aromatic N) is 1. The van der Waals surface area contributed by atoms with E-state index in [-0.39, 0.29) is 11.8 Å². The van der Waals surface area contributed by atoms with Gasteiger partial charge in [0.05, 0.1) is 18.6 Å². The molecule has 0 spiro atoms. The van der Waals surface area contributed by atoms with Gasteiger partial charge >= 0.3 is 0 Å². The van der Waals surface area contributed by atoms with Gasteiger partial charge in [0.25, 0.3) is 0 Å². The van der Waals surface area contributed by atoms with E-state index in [9.17, 15) is 13.2 Å². The number of ether oxygens (including phenoxy) is 1. The molecule has 0 heterocycles. The number of carbonyl (C=O) groups is 1. The fourth-order valence-corrected chi connectivity index (χ4v) is 4.68. The molecule has 0 unspecified atom stereocenters. The average molecular weight is 433 g/mol. The summed E-state index contributed by atoms with van der Waals surface area (Å²) < 4.78 is 31.9. The number of hydrogen-bond donors (Lipinski definition) is 1. The first-order valence-electron chi connectivity index (χ1n) is 10.2. The zero-order valence-electron chi connectivity index (χ0n) is 18.6. The maximum absolute atomic E-state index is 13.3. The average Bonchev–Trinajstić information content (AvgIpc) is 2.67. The van der Waals surface area contributed by atoms with E-state index in [1.165, 1.54) is 4.31 Å². The molecule has 0 aliphatic carbocycles. The molecule has 0 bridgehead atoms. The molecule has 0 radical (unpaired) electrons. The van der Waals surface area contributed by atoms with Crippen LogP contribution in [0.2, 0.25) is 0 Å². The molecule has 0 aliphatic rings. The van der Waals surface area contributed by atoms with Crippen LogP contribution in [0.1, 0.15) is 51.2 Å². The van der Waals surface area contributed by atoms with Crippen molar-refractivity contribution in [3.63, 3.8) is 0 Å². The number of benzene rings is 2. The molecule has 0 saturated carbocycles. The number of nitrogens with one attached hydrogen (secondary N) is 1. The number of hydrogen-bond acceptors (Lipinski definition) is 4. The van der Waals surface area contributed by atoms with Crippen LogP contribution in [0, 0.1) is 6.92 Å². The van der Waals surface area contributed by atoms with Crippen LogP contribution in [0.4, 0.5) is 11.4 Å². The molecule has 164 valence electrons. The summed E-state index contributed by atoms with van der Waals surface area (Å²) in [4.78, 5) is 13.3. The zero-order chi connectivity index (χ0) is 22.5. The molecule has 2 rings (SSSR count). The first-order chi connectivity index (χ1) is 14.1. The number of rotatable bonds is 9. The lowest BCUT2D eigenvalue weighted by atomic mass is 9.98. The van der Waals surface area contributed by atoms with E-state index in [1.54, 1.807) is 31.2 Å². The minimum absolute atomic E-state index is 0.220. The van der Waals surface area contributed by atoms with Crippen LogP contribution in [-0.4, -0.2) is 33.2 Å². The van der Waals surface area contributed by atoms with Gasteiger partial charge in [-0.3, -0.25) is 9.10 Å². The molecule has 2 aromatic carbocycles. The van der Waals surface area contributed by atoms with Crippen LogP contribution in [-0.2, 0) is 14.8 Å². The number of anilines is 2. The Hall–Kier alpha value is -2.54. The second kappa shape index (κ2) is 9.98. The van der Waals surface area contributed by atoms with Crippen LogP contribution in [0.25, 0.3) is 0 Å². The molecule has 1 N–H and O–H groups in total. The Labute approximate surface area is 180 Å². The van der Waals surface area contributed by atoms with Gasteiger partial charge in [0, 0.05) is 5.69 Å². The lowest BCUT2D eigenvalue weighted by molar-refractivity contribution is -0.117. The van der Waals surface area contributed by atoms with Crippen molar-refractivity contribution in [2.45, 2.75) is 53.0 Å². The highest BCUT2D eigenvalue weighted by atomic mass is 32.2. The van der Waals surface area contributed by atoms with Gasteiger partial charge in [-0.15, -0.1) is 0 Å². The first kappa shape index (κ1) is 23.7. The van der Waals surface area contributed by atoms with E-state index in [0.29, 0.717) is 24.5 Å². The van der Waals surface area contributed by atoms with Crippen molar-refractivity contribution in [3.8, 4) is 5.75 Å². The summed E-state index contributed by atoms with van der Waals surface area (Å²) in [6, 6.07) is 11.7. The molecular weight excluding hydrogens is 400 g/mol. The van der Waals surface area contributed by atoms with Gasteiger partial charge in [-0.05, 0) is 61.6 Å². The summed E-state index contributed by atoms with van der Waals surface area (Å²) >= 11 is 0. The minimum Gasteiger partial charge on any atom is -0.494 e. The number of sulfonamides is 1.